The molecule has 2 aliphatic rings. The lowest BCUT2D eigenvalue weighted by atomic mass is 9.76. The minimum absolute atomic E-state index is 0.804. The van der Waals surface area contributed by atoms with E-state index in [4.69, 9.17) is 0 Å². The van der Waals surface area contributed by atoms with Gasteiger partial charge in [-0.25, -0.2) is 0 Å². The van der Waals surface area contributed by atoms with Crippen molar-refractivity contribution in [1.29, 1.82) is 0 Å². The molecule has 0 amide bonds. The number of hydrogen-bond donors (Lipinski definition) is 0. The summed E-state index contributed by atoms with van der Waals surface area (Å²) in [6, 6.07) is 3.03. The smallest absolute Gasteiger partial charge is 0.0302 e. The van der Waals surface area contributed by atoms with Gasteiger partial charge in [0, 0.05) is 18.4 Å². The lowest BCUT2D eigenvalue weighted by Gasteiger charge is -2.44. The van der Waals surface area contributed by atoms with Gasteiger partial charge >= 0.3 is 0 Å². The van der Waals surface area contributed by atoms with E-state index in [0.717, 1.165) is 12.0 Å². The molecule has 0 bridgehead atoms. The van der Waals surface area contributed by atoms with Gasteiger partial charge in [-0.2, -0.15) is 0 Å². The standard InChI is InChI=1S/C15H22N2/c1-2-7-17-8-3-4-13-9-14-11-16-6-5-12(14)10-15(13)17/h5-6,11,13,15H,2-4,7-10H2,1H3/t13-,15-/m1/s1. The third-order valence-electron chi connectivity index (χ3n) is 4.46. The number of rotatable bonds is 2. The number of pyridine rings is 1. The van der Waals surface area contributed by atoms with E-state index in [1.54, 1.807) is 5.56 Å². The molecule has 3 rings (SSSR count). The van der Waals surface area contributed by atoms with Gasteiger partial charge in [0.15, 0.2) is 0 Å². The van der Waals surface area contributed by atoms with Crippen LogP contribution < -0.4 is 0 Å². The number of likely N-dealkylation sites (tertiary alicyclic amines) is 1. The van der Waals surface area contributed by atoms with Crippen molar-refractivity contribution in [1.82, 2.24) is 9.88 Å². The van der Waals surface area contributed by atoms with Crippen LogP contribution in [0.4, 0.5) is 0 Å². The molecule has 0 saturated carbocycles. The van der Waals surface area contributed by atoms with Gasteiger partial charge < -0.3 is 0 Å². The van der Waals surface area contributed by atoms with E-state index >= 15 is 0 Å². The van der Waals surface area contributed by atoms with Crippen LogP contribution in [0.25, 0.3) is 0 Å². The molecule has 0 aromatic carbocycles. The first-order valence-corrected chi connectivity index (χ1v) is 7.04. The fraction of sp³-hybridized carbons (Fsp3) is 0.667. The Hall–Kier alpha value is -0.890. The summed E-state index contributed by atoms with van der Waals surface area (Å²) < 4.78 is 0. The second kappa shape index (κ2) is 4.77. The van der Waals surface area contributed by atoms with Crippen molar-refractivity contribution in [3.05, 3.63) is 29.6 Å². The van der Waals surface area contributed by atoms with Crippen LogP contribution in [0, 0.1) is 5.92 Å². The molecule has 1 aromatic heterocycles. The summed E-state index contributed by atoms with van der Waals surface area (Å²) in [6.45, 7) is 4.89. The van der Waals surface area contributed by atoms with Crippen molar-refractivity contribution in [2.75, 3.05) is 13.1 Å². The molecule has 1 aromatic rings. The number of aromatic nitrogens is 1. The van der Waals surface area contributed by atoms with E-state index in [-0.39, 0.29) is 0 Å². The number of piperidine rings is 1. The van der Waals surface area contributed by atoms with Crippen LogP contribution >= 0.6 is 0 Å². The first-order chi connectivity index (χ1) is 8.38. The molecule has 1 saturated heterocycles. The zero-order valence-electron chi connectivity index (χ0n) is 10.7. The summed E-state index contributed by atoms with van der Waals surface area (Å²) in [6.07, 6.45) is 10.6. The summed E-state index contributed by atoms with van der Waals surface area (Å²) in [4.78, 5) is 7.01. The molecule has 0 radical (unpaired) electrons. The molecular weight excluding hydrogens is 208 g/mol. The van der Waals surface area contributed by atoms with Gasteiger partial charge in [-0.05, 0) is 68.3 Å². The quantitative estimate of drug-likeness (QED) is 0.776. The predicted molar refractivity (Wildman–Crippen MR) is 70.0 cm³/mol. The first-order valence-electron chi connectivity index (χ1n) is 7.04. The van der Waals surface area contributed by atoms with Gasteiger partial charge in [-0.3, -0.25) is 9.88 Å². The molecule has 1 aliphatic heterocycles. The van der Waals surface area contributed by atoms with Crippen LogP contribution in [0.5, 0.6) is 0 Å². The topological polar surface area (TPSA) is 16.1 Å². The Labute approximate surface area is 104 Å². The maximum absolute atomic E-state index is 4.28. The summed E-state index contributed by atoms with van der Waals surface area (Å²) in [5.74, 6) is 0.881. The van der Waals surface area contributed by atoms with Gasteiger partial charge in [0.05, 0.1) is 0 Å². The van der Waals surface area contributed by atoms with Gasteiger partial charge in [-0.1, -0.05) is 6.92 Å². The highest BCUT2D eigenvalue weighted by Crippen LogP contribution is 2.34. The number of nitrogens with zero attached hydrogens (tertiary/aromatic N) is 2. The molecule has 0 spiro atoms. The van der Waals surface area contributed by atoms with E-state index in [2.05, 4.69) is 29.1 Å². The molecule has 2 heteroatoms. The van der Waals surface area contributed by atoms with Crippen LogP contribution in [0.15, 0.2) is 18.5 Å². The molecule has 2 heterocycles. The third kappa shape index (κ3) is 2.11. The third-order valence-corrected chi connectivity index (χ3v) is 4.46. The highest BCUT2D eigenvalue weighted by Gasteiger charge is 2.34. The van der Waals surface area contributed by atoms with E-state index < -0.39 is 0 Å². The van der Waals surface area contributed by atoms with Gasteiger partial charge in [0.1, 0.15) is 0 Å². The molecule has 0 N–H and O–H groups in total. The lowest BCUT2D eigenvalue weighted by Crippen LogP contribution is -2.49. The Kier molecular flexibility index (Phi) is 3.15. The monoisotopic (exact) mass is 230 g/mol. The van der Waals surface area contributed by atoms with Crippen LogP contribution in [-0.4, -0.2) is 29.0 Å². The minimum Gasteiger partial charge on any atom is -0.300 e. The van der Waals surface area contributed by atoms with Crippen LogP contribution in [0.3, 0.4) is 0 Å². The molecule has 1 aliphatic carbocycles. The average Bonchev–Trinajstić information content (AvgIpc) is 2.37. The van der Waals surface area contributed by atoms with Gasteiger partial charge in [-0.15, -0.1) is 0 Å². The van der Waals surface area contributed by atoms with E-state index in [0.29, 0.717) is 0 Å². The second-order valence-electron chi connectivity index (χ2n) is 5.56. The summed E-state index contributed by atoms with van der Waals surface area (Å²) in [5.41, 5.74) is 3.05. The van der Waals surface area contributed by atoms with Crippen molar-refractivity contribution in [3.63, 3.8) is 0 Å². The maximum Gasteiger partial charge on any atom is 0.0302 e. The van der Waals surface area contributed by atoms with Crippen LogP contribution in [-0.2, 0) is 12.8 Å². The normalized spacial score (nSPS) is 28.5. The van der Waals surface area contributed by atoms with Crippen molar-refractivity contribution in [2.24, 2.45) is 5.92 Å². The zero-order chi connectivity index (χ0) is 11.7. The van der Waals surface area contributed by atoms with Crippen molar-refractivity contribution in [2.45, 2.75) is 45.1 Å². The molecule has 2 nitrogen and oxygen atoms in total. The molecule has 0 unspecified atom stereocenters. The number of hydrogen-bond acceptors (Lipinski definition) is 2. The molecule has 17 heavy (non-hydrogen) atoms. The fourth-order valence-electron chi connectivity index (χ4n) is 3.66. The summed E-state index contributed by atoms with van der Waals surface area (Å²) >= 11 is 0. The zero-order valence-corrected chi connectivity index (χ0v) is 10.7. The van der Waals surface area contributed by atoms with Crippen LogP contribution in [0.2, 0.25) is 0 Å². The van der Waals surface area contributed by atoms with Crippen LogP contribution in [0.1, 0.15) is 37.3 Å². The first kappa shape index (κ1) is 11.2. The summed E-state index contributed by atoms with van der Waals surface area (Å²) in [5, 5.41) is 0. The number of fused-ring (bicyclic) bond motifs is 2. The van der Waals surface area contributed by atoms with Crippen molar-refractivity contribution >= 4 is 0 Å². The highest BCUT2D eigenvalue weighted by atomic mass is 15.2. The fourth-order valence-corrected chi connectivity index (χ4v) is 3.66. The Morgan fingerprint density at radius 3 is 3.18 bits per heavy atom. The Morgan fingerprint density at radius 2 is 2.29 bits per heavy atom. The predicted octanol–water partition coefficient (Wildman–Crippen LogP) is 2.67. The van der Waals surface area contributed by atoms with Crippen molar-refractivity contribution in [3.8, 4) is 0 Å². The minimum atomic E-state index is 0.804. The SMILES string of the molecule is CCCN1CCC[C@@H]2Cc3cnccc3C[C@H]21. The molecule has 2 atom stereocenters. The molecule has 1 fully saturated rings. The molecular formula is C15H22N2. The molecule has 92 valence electrons. The largest absolute Gasteiger partial charge is 0.300 e. The highest BCUT2D eigenvalue weighted by molar-refractivity contribution is 5.28. The Morgan fingerprint density at radius 1 is 1.35 bits per heavy atom. The Balaban J connectivity index is 1.84. The van der Waals surface area contributed by atoms with E-state index in [1.807, 2.05) is 6.20 Å². The maximum atomic E-state index is 4.28. The van der Waals surface area contributed by atoms with E-state index in [1.165, 1.54) is 50.8 Å². The second-order valence-corrected chi connectivity index (χ2v) is 5.56. The lowest BCUT2D eigenvalue weighted by molar-refractivity contribution is 0.0854. The Bertz CT molecular complexity index is 386. The van der Waals surface area contributed by atoms with Gasteiger partial charge in [0.2, 0.25) is 0 Å². The van der Waals surface area contributed by atoms with Gasteiger partial charge in [0.25, 0.3) is 0 Å². The van der Waals surface area contributed by atoms with Crippen molar-refractivity contribution < 1.29 is 0 Å². The summed E-state index contributed by atoms with van der Waals surface area (Å²) in [7, 11) is 0. The van der Waals surface area contributed by atoms with E-state index in [9.17, 15) is 0 Å². The average molecular weight is 230 g/mol.